The molecule has 0 fully saturated rings. The molecule has 0 aliphatic rings. The molecule has 3 rings (SSSR count). The minimum absolute atomic E-state index is 0.0660. The number of hydrogen-bond donors (Lipinski definition) is 0. The Bertz CT molecular complexity index is 1340. The lowest BCUT2D eigenvalue weighted by Gasteiger charge is -2.24. The van der Waals surface area contributed by atoms with Gasteiger partial charge in [0.05, 0.1) is 17.3 Å². The van der Waals surface area contributed by atoms with Crippen molar-refractivity contribution in [1.82, 2.24) is 13.9 Å². The van der Waals surface area contributed by atoms with Gasteiger partial charge in [-0.1, -0.05) is 23.7 Å². The molecule has 0 spiro atoms. The van der Waals surface area contributed by atoms with Crippen molar-refractivity contribution in [2.24, 2.45) is 0 Å². The number of nitrogens with zero attached hydrogens (tertiary/aromatic N) is 4. The van der Waals surface area contributed by atoms with E-state index in [2.05, 4.69) is 4.98 Å². The number of aromatic nitrogens is 2. The van der Waals surface area contributed by atoms with E-state index in [0.717, 1.165) is 3.97 Å². The van der Waals surface area contributed by atoms with Gasteiger partial charge in [0.1, 0.15) is 22.3 Å². The predicted molar refractivity (Wildman–Crippen MR) is 124 cm³/mol. The zero-order chi connectivity index (χ0) is 24.4. The number of nitriles is 1. The fraction of sp³-hybridized carbons (Fsp3) is 0.261. The molecule has 0 saturated carbocycles. The average Bonchev–Trinajstić information content (AvgIpc) is 3.17. The number of amides is 1. The topological polar surface area (TPSA) is 105 Å². The average molecular weight is 487 g/mol. The van der Waals surface area contributed by atoms with Gasteiger partial charge >= 0.3 is 6.09 Å². The van der Waals surface area contributed by atoms with Crippen molar-refractivity contribution < 1.29 is 17.9 Å². The van der Waals surface area contributed by atoms with Crippen molar-refractivity contribution >= 4 is 27.7 Å². The summed E-state index contributed by atoms with van der Waals surface area (Å²) in [6, 6.07) is 12.9. The van der Waals surface area contributed by atoms with Crippen molar-refractivity contribution in [3.63, 3.8) is 0 Å². The Hall–Kier alpha value is -3.35. The highest BCUT2D eigenvalue weighted by Crippen LogP contribution is 2.31. The summed E-state index contributed by atoms with van der Waals surface area (Å²) in [4.78, 5) is 17.7. The molecule has 1 amide bonds. The molecular formula is C23H23ClN4O4S. The van der Waals surface area contributed by atoms with Gasteiger partial charge in [0, 0.05) is 25.0 Å². The Labute approximate surface area is 198 Å². The molecule has 0 aliphatic carbocycles. The van der Waals surface area contributed by atoms with E-state index in [4.69, 9.17) is 16.3 Å². The monoisotopic (exact) mass is 486 g/mol. The van der Waals surface area contributed by atoms with Crippen LogP contribution in [0.3, 0.4) is 0 Å². The normalized spacial score (nSPS) is 11.6. The molecule has 0 saturated heterocycles. The van der Waals surface area contributed by atoms with E-state index < -0.39 is 21.7 Å². The summed E-state index contributed by atoms with van der Waals surface area (Å²) >= 11 is 6.18. The van der Waals surface area contributed by atoms with Crippen molar-refractivity contribution in [1.29, 1.82) is 5.26 Å². The summed E-state index contributed by atoms with van der Waals surface area (Å²) in [5, 5.41) is 9.57. The van der Waals surface area contributed by atoms with E-state index in [-0.39, 0.29) is 27.9 Å². The molecule has 3 aromatic rings. The molecule has 10 heteroatoms. The number of benzene rings is 1. The van der Waals surface area contributed by atoms with Gasteiger partial charge in [-0.3, -0.25) is 0 Å². The molecule has 1 aromatic carbocycles. The second kappa shape index (κ2) is 9.25. The molecular weight excluding hydrogens is 464 g/mol. The Kier molecular flexibility index (Phi) is 6.81. The Balaban J connectivity index is 2.13. The Morgan fingerprint density at radius 2 is 1.94 bits per heavy atom. The number of halogens is 1. The number of rotatable bonds is 5. The SMILES string of the molecule is CN(Cc1cc(-c2cccnc2C#N)n(S(=O)(=O)c2ccccc2Cl)c1)C(=O)OC(C)(C)C. The fourth-order valence-corrected chi connectivity index (χ4v) is 5.01. The third kappa shape index (κ3) is 5.35. The smallest absolute Gasteiger partial charge is 0.410 e. The molecule has 2 heterocycles. The van der Waals surface area contributed by atoms with Crippen LogP contribution in [0.4, 0.5) is 4.79 Å². The summed E-state index contributed by atoms with van der Waals surface area (Å²) < 4.78 is 33.5. The van der Waals surface area contributed by atoms with Gasteiger partial charge in [0.25, 0.3) is 10.0 Å². The van der Waals surface area contributed by atoms with Crippen LogP contribution in [0.15, 0.2) is 59.8 Å². The van der Waals surface area contributed by atoms with Gasteiger partial charge in [-0.15, -0.1) is 0 Å². The zero-order valence-corrected chi connectivity index (χ0v) is 20.2. The Morgan fingerprint density at radius 3 is 2.58 bits per heavy atom. The molecule has 0 N–H and O–H groups in total. The number of ether oxygens (including phenoxy) is 1. The molecule has 0 unspecified atom stereocenters. The lowest BCUT2D eigenvalue weighted by molar-refractivity contribution is 0.0285. The van der Waals surface area contributed by atoms with Gasteiger partial charge in [-0.05, 0) is 56.7 Å². The van der Waals surface area contributed by atoms with Crippen molar-refractivity contribution in [3.05, 3.63) is 71.1 Å². The minimum atomic E-state index is -4.12. The van der Waals surface area contributed by atoms with E-state index in [0.29, 0.717) is 11.1 Å². The summed E-state index contributed by atoms with van der Waals surface area (Å²) in [6.45, 7) is 5.36. The molecule has 2 aromatic heterocycles. The van der Waals surface area contributed by atoms with E-state index >= 15 is 0 Å². The maximum atomic E-state index is 13.5. The molecule has 8 nitrogen and oxygen atoms in total. The maximum absolute atomic E-state index is 13.5. The third-order valence-corrected chi connectivity index (χ3v) is 6.70. The van der Waals surface area contributed by atoms with Crippen LogP contribution < -0.4 is 0 Å². The highest BCUT2D eigenvalue weighted by Gasteiger charge is 2.26. The largest absolute Gasteiger partial charge is 0.444 e. The summed E-state index contributed by atoms with van der Waals surface area (Å²) in [5.41, 5.74) is 0.474. The van der Waals surface area contributed by atoms with Crippen LogP contribution in [-0.4, -0.2) is 41.0 Å². The van der Waals surface area contributed by atoms with Crippen LogP contribution >= 0.6 is 11.6 Å². The maximum Gasteiger partial charge on any atom is 0.410 e. The molecule has 0 radical (unpaired) electrons. The van der Waals surface area contributed by atoms with E-state index in [1.807, 2.05) is 6.07 Å². The lowest BCUT2D eigenvalue weighted by atomic mass is 10.1. The Morgan fingerprint density at radius 1 is 1.24 bits per heavy atom. The number of hydrogen-bond acceptors (Lipinski definition) is 6. The van der Waals surface area contributed by atoms with Crippen LogP contribution in [0.25, 0.3) is 11.3 Å². The van der Waals surface area contributed by atoms with Crippen LogP contribution in [0.2, 0.25) is 5.02 Å². The lowest BCUT2D eigenvalue weighted by Crippen LogP contribution is -2.33. The first-order chi connectivity index (χ1) is 15.4. The summed E-state index contributed by atoms with van der Waals surface area (Å²) in [5.74, 6) is 0. The molecule has 0 aliphatic heterocycles. The highest BCUT2D eigenvalue weighted by atomic mass is 35.5. The number of carbonyl (C=O) groups excluding carboxylic acids is 1. The van der Waals surface area contributed by atoms with Crippen molar-refractivity contribution in [2.75, 3.05) is 7.05 Å². The first-order valence-corrected chi connectivity index (χ1v) is 11.8. The van der Waals surface area contributed by atoms with Crippen LogP contribution in [0.1, 0.15) is 32.0 Å². The predicted octanol–water partition coefficient (Wildman–Crippen LogP) is 4.68. The first kappa shape index (κ1) is 24.3. The zero-order valence-electron chi connectivity index (χ0n) is 18.6. The standard InChI is InChI=1S/C23H23ClN4O4S/c1-23(2,3)32-22(29)27(4)14-16-12-20(17-8-7-11-26-19(17)13-25)28(15-16)33(30,31)21-10-6-5-9-18(21)24/h5-12,15H,14H2,1-4H3. The minimum Gasteiger partial charge on any atom is -0.444 e. The number of carbonyl (C=O) groups is 1. The molecule has 172 valence electrons. The van der Waals surface area contributed by atoms with Crippen LogP contribution in [0.5, 0.6) is 0 Å². The van der Waals surface area contributed by atoms with Crippen LogP contribution in [0, 0.1) is 11.3 Å². The first-order valence-electron chi connectivity index (χ1n) is 9.95. The van der Waals surface area contributed by atoms with Gasteiger partial charge in [-0.2, -0.15) is 5.26 Å². The molecule has 33 heavy (non-hydrogen) atoms. The van der Waals surface area contributed by atoms with Gasteiger partial charge in [0.2, 0.25) is 0 Å². The molecule has 0 bridgehead atoms. The van der Waals surface area contributed by atoms with Crippen LogP contribution in [-0.2, 0) is 21.3 Å². The fourth-order valence-electron chi connectivity index (χ4n) is 3.12. The summed E-state index contributed by atoms with van der Waals surface area (Å²) in [7, 11) is -2.57. The van der Waals surface area contributed by atoms with Crippen molar-refractivity contribution in [2.45, 2.75) is 37.8 Å². The van der Waals surface area contributed by atoms with Gasteiger partial charge in [0.15, 0.2) is 0 Å². The molecule has 0 atom stereocenters. The second-order valence-electron chi connectivity index (χ2n) is 8.31. The highest BCUT2D eigenvalue weighted by molar-refractivity contribution is 7.90. The second-order valence-corrected chi connectivity index (χ2v) is 10.5. The van der Waals surface area contributed by atoms with E-state index in [1.54, 1.807) is 58.2 Å². The van der Waals surface area contributed by atoms with Gasteiger partial charge in [-0.25, -0.2) is 22.2 Å². The van der Waals surface area contributed by atoms with Gasteiger partial charge < -0.3 is 9.64 Å². The van der Waals surface area contributed by atoms with E-state index in [9.17, 15) is 18.5 Å². The van der Waals surface area contributed by atoms with E-state index in [1.165, 1.54) is 29.4 Å². The summed E-state index contributed by atoms with van der Waals surface area (Å²) in [6.07, 6.45) is 2.31. The van der Waals surface area contributed by atoms with Crippen molar-refractivity contribution in [3.8, 4) is 17.3 Å². The third-order valence-electron chi connectivity index (χ3n) is 4.53. The quantitative estimate of drug-likeness (QED) is 0.518. The number of pyridine rings is 1.